The second-order valence-electron chi connectivity index (χ2n) is 4.82. The van der Waals surface area contributed by atoms with E-state index in [9.17, 15) is 9.90 Å². The largest absolute Gasteiger partial charge is 0.465 e. The van der Waals surface area contributed by atoms with Crippen molar-refractivity contribution in [3.05, 3.63) is 69.7 Å². The van der Waals surface area contributed by atoms with Gasteiger partial charge in [0.25, 0.3) is 0 Å². The van der Waals surface area contributed by atoms with E-state index in [1.54, 1.807) is 30.3 Å². The molecule has 0 saturated carbocycles. The maximum absolute atomic E-state index is 10.8. The molecule has 0 aliphatic rings. The quantitative estimate of drug-likeness (QED) is 0.768. The third-order valence-corrected chi connectivity index (χ3v) is 4.11. The molecular formula is C16H15Cl2NO3. The van der Waals surface area contributed by atoms with Gasteiger partial charge in [-0.05, 0) is 23.3 Å². The zero-order valence-corrected chi connectivity index (χ0v) is 13.1. The lowest BCUT2D eigenvalue weighted by molar-refractivity contribution is 0.140. The van der Waals surface area contributed by atoms with E-state index in [0.29, 0.717) is 21.2 Å². The molecule has 6 heteroatoms. The summed E-state index contributed by atoms with van der Waals surface area (Å²) in [6, 6.07) is 14.1. The molecule has 0 aliphatic carbocycles. The Bertz CT molecular complexity index is 649. The summed E-state index contributed by atoms with van der Waals surface area (Å²) in [6.45, 7) is 0.0589. The van der Waals surface area contributed by atoms with Crippen LogP contribution in [0.4, 0.5) is 4.79 Å². The Labute approximate surface area is 138 Å². The first-order valence-electron chi connectivity index (χ1n) is 6.64. The summed E-state index contributed by atoms with van der Waals surface area (Å²) in [5.41, 5.74) is 1.41. The standard InChI is InChI=1S/C16H15Cl2NO3/c17-13-7-6-11(8-14(13)18)12(9-19-16(21)22)15(20)10-4-2-1-3-5-10/h1-8,12,15,19-20H,9H2,(H,21,22)/t12-,15-/m0/s1. The predicted molar refractivity (Wildman–Crippen MR) is 86.6 cm³/mol. The van der Waals surface area contributed by atoms with E-state index in [4.69, 9.17) is 28.3 Å². The predicted octanol–water partition coefficient (Wildman–Crippen LogP) is 4.08. The summed E-state index contributed by atoms with van der Waals surface area (Å²) in [7, 11) is 0. The van der Waals surface area contributed by atoms with Gasteiger partial charge in [0, 0.05) is 12.5 Å². The third kappa shape index (κ3) is 4.13. The third-order valence-electron chi connectivity index (χ3n) is 3.37. The van der Waals surface area contributed by atoms with Crippen molar-refractivity contribution in [3.8, 4) is 0 Å². The van der Waals surface area contributed by atoms with Crippen LogP contribution in [0, 0.1) is 0 Å². The highest BCUT2D eigenvalue weighted by atomic mass is 35.5. The number of hydrogen-bond donors (Lipinski definition) is 3. The van der Waals surface area contributed by atoms with E-state index in [-0.39, 0.29) is 6.54 Å². The minimum Gasteiger partial charge on any atom is -0.465 e. The Hall–Kier alpha value is -1.75. The van der Waals surface area contributed by atoms with Crippen molar-refractivity contribution < 1.29 is 15.0 Å². The summed E-state index contributed by atoms with van der Waals surface area (Å²) in [4.78, 5) is 10.8. The Morgan fingerprint density at radius 3 is 2.32 bits per heavy atom. The van der Waals surface area contributed by atoms with Gasteiger partial charge in [-0.2, -0.15) is 0 Å². The molecule has 0 aliphatic heterocycles. The Morgan fingerprint density at radius 1 is 1.05 bits per heavy atom. The molecule has 0 heterocycles. The molecule has 2 aromatic carbocycles. The summed E-state index contributed by atoms with van der Waals surface area (Å²) in [5, 5.41) is 22.5. The first-order valence-corrected chi connectivity index (χ1v) is 7.39. The van der Waals surface area contributed by atoms with Crippen LogP contribution >= 0.6 is 23.2 Å². The van der Waals surface area contributed by atoms with E-state index in [2.05, 4.69) is 5.32 Å². The van der Waals surface area contributed by atoms with Crippen LogP contribution in [0.3, 0.4) is 0 Å². The van der Waals surface area contributed by atoms with Gasteiger partial charge in [-0.1, -0.05) is 59.6 Å². The van der Waals surface area contributed by atoms with E-state index in [1.165, 1.54) is 0 Å². The van der Waals surface area contributed by atoms with Crippen LogP contribution in [0.5, 0.6) is 0 Å². The number of benzene rings is 2. The first-order chi connectivity index (χ1) is 10.5. The second-order valence-corrected chi connectivity index (χ2v) is 5.64. The number of halogens is 2. The van der Waals surface area contributed by atoms with Crippen molar-refractivity contribution in [2.24, 2.45) is 0 Å². The molecule has 4 nitrogen and oxygen atoms in total. The second kappa shape index (κ2) is 7.49. The Morgan fingerprint density at radius 2 is 1.73 bits per heavy atom. The fourth-order valence-electron chi connectivity index (χ4n) is 2.23. The SMILES string of the molecule is O=C(O)NC[C@@H](c1ccc(Cl)c(Cl)c1)[C@@H](O)c1ccccc1. The van der Waals surface area contributed by atoms with E-state index in [1.807, 2.05) is 18.2 Å². The van der Waals surface area contributed by atoms with Crippen molar-refractivity contribution in [1.29, 1.82) is 0 Å². The minimum absolute atomic E-state index is 0.0589. The van der Waals surface area contributed by atoms with Gasteiger partial charge < -0.3 is 15.5 Å². The molecule has 2 aromatic rings. The maximum Gasteiger partial charge on any atom is 0.404 e. The molecule has 1 amide bonds. The minimum atomic E-state index is -1.15. The molecule has 116 valence electrons. The maximum atomic E-state index is 10.8. The molecule has 22 heavy (non-hydrogen) atoms. The fraction of sp³-hybridized carbons (Fsp3) is 0.188. The molecule has 0 radical (unpaired) electrons. The molecule has 3 N–H and O–H groups in total. The molecule has 2 rings (SSSR count). The zero-order valence-electron chi connectivity index (χ0n) is 11.5. The molecule has 0 aromatic heterocycles. The highest BCUT2D eigenvalue weighted by Gasteiger charge is 2.24. The number of carboxylic acid groups (broad SMARTS) is 1. The number of carbonyl (C=O) groups is 1. The molecule has 0 unspecified atom stereocenters. The Balaban J connectivity index is 2.33. The zero-order chi connectivity index (χ0) is 16.1. The van der Waals surface area contributed by atoms with Gasteiger partial charge >= 0.3 is 6.09 Å². The number of hydrogen-bond acceptors (Lipinski definition) is 2. The van der Waals surface area contributed by atoms with Crippen molar-refractivity contribution in [2.75, 3.05) is 6.54 Å². The lowest BCUT2D eigenvalue weighted by Crippen LogP contribution is -2.29. The Kier molecular flexibility index (Phi) is 5.66. The monoisotopic (exact) mass is 339 g/mol. The van der Waals surface area contributed by atoms with Crippen molar-refractivity contribution in [2.45, 2.75) is 12.0 Å². The van der Waals surface area contributed by atoms with Gasteiger partial charge in [-0.15, -0.1) is 0 Å². The van der Waals surface area contributed by atoms with Gasteiger partial charge in [-0.3, -0.25) is 0 Å². The smallest absolute Gasteiger partial charge is 0.404 e. The van der Waals surface area contributed by atoms with Crippen LogP contribution in [0.2, 0.25) is 10.0 Å². The average Bonchev–Trinajstić information content (AvgIpc) is 2.51. The van der Waals surface area contributed by atoms with Crippen LogP contribution in [0.15, 0.2) is 48.5 Å². The van der Waals surface area contributed by atoms with Crippen LogP contribution < -0.4 is 5.32 Å². The van der Waals surface area contributed by atoms with Gasteiger partial charge in [0.1, 0.15) is 0 Å². The van der Waals surface area contributed by atoms with E-state index < -0.39 is 18.1 Å². The van der Waals surface area contributed by atoms with Crippen LogP contribution in [-0.2, 0) is 0 Å². The van der Waals surface area contributed by atoms with E-state index in [0.717, 1.165) is 0 Å². The lowest BCUT2D eigenvalue weighted by atomic mass is 9.89. The van der Waals surface area contributed by atoms with Crippen LogP contribution in [0.25, 0.3) is 0 Å². The van der Waals surface area contributed by atoms with Crippen molar-refractivity contribution in [1.82, 2.24) is 5.32 Å². The average molecular weight is 340 g/mol. The molecule has 0 saturated heterocycles. The molecular weight excluding hydrogens is 325 g/mol. The lowest BCUT2D eigenvalue weighted by Gasteiger charge is -2.24. The van der Waals surface area contributed by atoms with Gasteiger partial charge in [0.05, 0.1) is 16.1 Å². The van der Waals surface area contributed by atoms with Gasteiger partial charge in [0.15, 0.2) is 0 Å². The summed E-state index contributed by atoms with van der Waals surface area (Å²) in [6.07, 6.45) is -2.02. The number of amides is 1. The van der Waals surface area contributed by atoms with Crippen molar-refractivity contribution in [3.63, 3.8) is 0 Å². The van der Waals surface area contributed by atoms with E-state index >= 15 is 0 Å². The molecule has 0 bridgehead atoms. The van der Waals surface area contributed by atoms with Crippen LogP contribution in [-0.4, -0.2) is 22.9 Å². The van der Waals surface area contributed by atoms with Crippen molar-refractivity contribution >= 4 is 29.3 Å². The number of nitrogens with one attached hydrogen (secondary N) is 1. The normalized spacial score (nSPS) is 13.4. The first kappa shape index (κ1) is 16.6. The van der Waals surface area contributed by atoms with Gasteiger partial charge in [-0.25, -0.2) is 4.79 Å². The summed E-state index contributed by atoms with van der Waals surface area (Å²) in [5.74, 6) is -0.478. The van der Waals surface area contributed by atoms with Gasteiger partial charge in [0.2, 0.25) is 0 Å². The topological polar surface area (TPSA) is 69.6 Å². The number of aliphatic hydroxyl groups is 1. The molecule has 2 atom stereocenters. The number of rotatable bonds is 5. The highest BCUT2D eigenvalue weighted by molar-refractivity contribution is 6.42. The number of aliphatic hydroxyl groups excluding tert-OH is 1. The van der Waals surface area contributed by atoms with Crippen LogP contribution in [0.1, 0.15) is 23.1 Å². The highest BCUT2D eigenvalue weighted by Crippen LogP contribution is 2.33. The summed E-state index contributed by atoms with van der Waals surface area (Å²) >= 11 is 11.9. The molecule has 0 fully saturated rings. The molecule has 0 spiro atoms. The fourth-order valence-corrected chi connectivity index (χ4v) is 2.54. The summed E-state index contributed by atoms with van der Waals surface area (Å²) < 4.78 is 0.